The zero-order valence-electron chi connectivity index (χ0n) is 8.84. The highest BCUT2D eigenvalue weighted by Crippen LogP contribution is 2.15. The van der Waals surface area contributed by atoms with Gasteiger partial charge in [-0.15, -0.1) is 0 Å². The first-order chi connectivity index (χ1) is 6.94. The molecule has 0 bridgehead atoms. The lowest BCUT2D eigenvalue weighted by Gasteiger charge is -2.15. The number of rotatable bonds is 5. The van der Waals surface area contributed by atoms with Crippen LogP contribution < -0.4 is 11.3 Å². The molecule has 0 aliphatic rings. The number of hydrogen-bond acceptors (Lipinski definition) is 5. The first-order valence-electron chi connectivity index (χ1n) is 4.54. The van der Waals surface area contributed by atoms with E-state index < -0.39 is 9.84 Å². The van der Waals surface area contributed by atoms with Gasteiger partial charge in [0, 0.05) is 19.5 Å². The Hall–Kier alpha value is -0.920. The summed E-state index contributed by atoms with van der Waals surface area (Å²) in [4.78, 5) is 3.95. The molecular formula is C8H16N4O2S. The van der Waals surface area contributed by atoms with Crippen molar-refractivity contribution >= 4 is 9.84 Å². The topological polar surface area (TPSA) is 90.0 Å². The molecule has 3 N–H and O–H groups in total. The molecule has 1 aromatic rings. The minimum atomic E-state index is -2.96. The van der Waals surface area contributed by atoms with Gasteiger partial charge in [-0.25, -0.2) is 13.4 Å². The Bertz CT molecular complexity index is 412. The Labute approximate surface area is 89.4 Å². The normalized spacial score (nSPS) is 14.1. The molecule has 0 aliphatic heterocycles. The van der Waals surface area contributed by atoms with Gasteiger partial charge in [-0.1, -0.05) is 0 Å². The van der Waals surface area contributed by atoms with Crippen LogP contribution in [0.25, 0.3) is 0 Å². The Morgan fingerprint density at radius 3 is 2.73 bits per heavy atom. The number of aromatic nitrogens is 2. The molecule has 1 aromatic heterocycles. The van der Waals surface area contributed by atoms with E-state index in [1.165, 1.54) is 6.26 Å². The van der Waals surface area contributed by atoms with E-state index in [1.54, 1.807) is 12.5 Å². The van der Waals surface area contributed by atoms with Gasteiger partial charge in [0.15, 0.2) is 0 Å². The average molecular weight is 232 g/mol. The second-order valence-electron chi connectivity index (χ2n) is 3.57. The lowest BCUT2D eigenvalue weighted by Crippen LogP contribution is -2.30. The van der Waals surface area contributed by atoms with E-state index in [0.717, 1.165) is 5.69 Å². The van der Waals surface area contributed by atoms with Gasteiger partial charge < -0.3 is 4.57 Å². The number of nitrogens with zero attached hydrogens (tertiary/aromatic N) is 2. The summed E-state index contributed by atoms with van der Waals surface area (Å²) in [6, 6.07) is -0.188. The average Bonchev–Trinajstić information content (AvgIpc) is 2.52. The van der Waals surface area contributed by atoms with E-state index in [9.17, 15) is 8.42 Å². The Morgan fingerprint density at radius 2 is 2.33 bits per heavy atom. The number of imidazole rings is 1. The summed E-state index contributed by atoms with van der Waals surface area (Å²) in [5.41, 5.74) is 3.47. The molecule has 86 valence electrons. The van der Waals surface area contributed by atoms with Crippen LogP contribution in [0.1, 0.15) is 18.2 Å². The van der Waals surface area contributed by atoms with E-state index in [1.807, 2.05) is 11.6 Å². The predicted octanol–water partition coefficient (Wildman–Crippen LogP) is -0.641. The van der Waals surface area contributed by atoms with Crippen LogP contribution in [0, 0.1) is 0 Å². The van der Waals surface area contributed by atoms with Gasteiger partial charge in [-0.3, -0.25) is 11.3 Å². The molecule has 1 atom stereocenters. The van der Waals surface area contributed by atoms with Gasteiger partial charge in [0.2, 0.25) is 0 Å². The van der Waals surface area contributed by atoms with Gasteiger partial charge in [0.1, 0.15) is 9.84 Å². The molecule has 0 aromatic carbocycles. The smallest absolute Gasteiger partial charge is 0.147 e. The van der Waals surface area contributed by atoms with Crippen molar-refractivity contribution in [2.45, 2.75) is 12.5 Å². The number of sulfone groups is 1. The molecule has 7 heteroatoms. The summed E-state index contributed by atoms with van der Waals surface area (Å²) in [7, 11) is -1.12. The van der Waals surface area contributed by atoms with Crippen molar-refractivity contribution in [1.29, 1.82) is 0 Å². The highest BCUT2D eigenvalue weighted by Gasteiger charge is 2.15. The molecule has 0 saturated carbocycles. The number of hydrazine groups is 1. The second-order valence-corrected chi connectivity index (χ2v) is 5.83. The van der Waals surface area contributed by atoms with E-state index in [0.29, 0.717) is 6.42 Å². The summed E-state index contributed by atoms with van der Waals surface area (Å²) < 4.78 is 23.8. The molecule has 0 saturated heterocycles. The monoisotopic (exact) mass is 232 g/mol. The van der Waals surface area contributed by atoms with E-state index in [2.05, 4.69) is 10.4 Å². The third kappa shape index (κ3) is 3.61. The highest BCUT2D eigenvalue weighted by atomic mass is 32.2. The quantitative estimate of drug-likeness (QED) is 0.520. The lowest BCUT2D eigenvalue weighted by atomic mass is 10.2. The van der Waals surface area contributed by atoms with Crippen LogP contribution >= 0.6 is 0 Å². The van der Waals surface area contributed by atoms with Crippen molar-refractivity contribution in [3.8, 4) is 0 Å². The van der Waals surface area contributed by atoms with Crippen molar-refractivity contribution in [2.75, 3.05) is 12.0 Å². The van der Waals surface area contributed by atoms with Crippen LogP contribution in [0.15, 0.2) is 12.5 Å². The van der Waals surface area contributed by atoms with Crippen LogP contribution in [-0.2, 0) is 16.9 Å². The third-order valence-electron chi connectivity index (χ3n) is 2.19. The van der Waals surface area contributed by atoms with Crippen molar-refractivity contribution in [3.05, 3.63) is 18.2 Å². The summed E-state index contributed by atoms with van der Waals surface area (Å²) in [6.45, 7) is 0. The van der Waals surface area contributed by atoms with Gasteiger partial charge >= 0.3 is 0 Å². The van der Waals surface area contributed by atoms with Gasteiger partial charge in [-0.05, 0) is 6.42 Å². The second kappa shape index (κ2) is 4.73. The standard InChI is InChI=1S/C8H16N4O2S/c1-12-6-10-5-8(12)7(11-9)3-4-15(2,13)14/h5-7,11H,3-4,9H2,1-2H3. The van der Waals surface area contributed by atoms with Crippen LogP contribution in [0.4, 0.5) is 0 Å². The largest absolute Gasteiger partial charge is 0.336 e. The summed E-state index contributed by atoms with van der Waals surface area (Å²) >= 11 is 0. The SMILES string of the molecule is Cn1cncc1C(CCS(C)(=O)=O)NN. The highest BCUT2D eigenvalue weighted by molar-refractivity contribution is 7.90. The van der Waals surface area contributed by atoms with Crippen molar-refractivity contribution in [1.82, 2.24) is 15.0 Å². The first kappa shape index (κ1) is 12.2. The fraction of sp³-hybridized carbons (Fsp3) is 0.625. The van der Waals surface area contributed by atoms with E-state index >= 15 is 0 Å². The molecule has 6 nitrogen and oxygen atoms in total. The Morgan fingerprint density at radius 1 is 1.67 bits per heavy atom. The van der Waals surface area contributed by atoms with Crippen LogP contribution in [0.3, 0.4) is 0 Å². The molecule has 0 amide bonds. The Balaban J connectivity index is 2.70. The van der Waals surface area contributed by atoms with Crippen LogP contribution in [-0.4, -0.2) is 30.0 Å². The molecule has 0 fully saturated rings. The molecule has 0 aliphatic carbocycles. The molecular weight excluding hydrogens is 216 g/mol. The van der Waals surface area contributed by atoms with Gasteiger partial charge in [0.25, 0.3) is 0 Å². The summed E-state index contributed by atoms with van der Waals surface area (Å²) in [5, 5.41) is 0. The van der Waals surface area contributed by atoms with E-state index in [-0.39, 0.29) is 11.8 Å². The lowest BCUT2D eigenvalue weighted by molar-refractivity contribution is 0.506. The number of nitrogens with one attached hydrogen (secondary N) is 1. The van der Waals surface area contributed by atoms with Crippen molar-refractivity contribution in [2.24, 2.45) is 12.9 Å². The number of aryl methyl sites for hydroxylation is 1. The summed E-state index contributed by atoms with van der Waals surface area (Å²) in [6.07, 6.45) is 4.98. The third-order valence-corrected chi connectivity index (χ3v) is 3.17. The molecule has 0 spiro atoms. The first-order valence-corrected chi connectivity index (χ1v) is 6.60. The van der Waals surface area contributed by atoms with Gasteiger partial charge in [0.05, 0.1) is 23.8 Å². The maximum Gasteiger partial charge on any atom is 0.147 e. The van der Waals surface area contributed by atoms with Crippen LogP contribution in [0.2, 0.25) is 0 Å². The molecule has 15 heavy (non-hydrogen) atoms. The maximum absolute atomic E-state index is 11.0. The summed E-state index contributed by atoms with van der Waals surface area (Å²) in [5.74, 6) is 5.48. The van der Waals surface area contributed by atoms with Gasteiger partial charge in [-0.2, -0.15) is 0 Å². The number of hydrogen-bond donors (Lipinski definition) is 2. The zero-order chi connectivity index (χ0) is 11.5. The van der Waals surface area contributed by atoms with Crippen molar-refractivity contribution in [3.63, 3.8) is 0 Å². The zero-order valence-corrected chi connectivity index (χ0v) is 9.66. The van der Waals surface area contributed by atoms with E-state index in [4.69, 9.17) is 5.84 Å². The predicted molar refractivity (Wildman–Crippen MR) is 57.6 cm³/mol. The Kier molecular flexibility index (Phi) is 3.83. The fourth-order valence-corrected chi connectivity index (χ4v) is 2.02. The molecule has 1 heterocycles. The fourth-order valence-electron chi connectivity index (χ4n) is 1.35. The van der Waals surface area contributed by atoms with Crippen molar-refractivity contribution < 1.29 is 8.42 Å². The minimum Gasteiger partial charge on any atom is -0.336 e. The van der Waals surface area contributed by atoms with Crippen LogP contribution in [0.5, 0.6) is 0 Å². The molecule has 1 unspecified atom stereocenters. The molecule has 1 rings (SSSR count). The minimum absolute atomic E-state index is 0.104. The number of nitrogens with two attached hydrogens (primary N) is 1. The molecule has 0 radical (unpaired) electrons. The maximum atomic E-state index is 11.0.